The molecule has 2 aromatic rings. The average Bonchev–Trinajstić information content (AvgIpc) is 2.98. The van der Waals surface area contributed by atoms with Gasteiger partial charge in [0.15, 0.2) is 0 Å². The highest BCUT2D eigenvalue weighted by molar-refractivity contribution is 5.28. The van der Waals surface area contributed by atoms with Gasteiger partial charge in [-0.05, 0) is 32.9 Å². The fraction of sp³-hybridized carbons (Fsp3) is 0.625. The van der Waals surface area contributed by atoms with Crippen LogP contribution >= 0.6 is 0 Å². The molecule has 0 aliphatic heterocycles. The number of rotatable bonds is 7. The smallest absolute Gasteiger partial charge is 0.0644 e. The summed E-state index contributed by atoms with van der Waals surface area (Å²) in [5, 5.41) is 12.5. The zero-order valence-corrected chi connectivity index (χ0v) is 13.8. The minimum absolute atomic E-state index is 0.403. The number of hydrogen-bond donors (Lipinski definition) is 1. The number of nitrogens with zero attached hydrogens (tertiary/aromatic N) is 4. The van der Waals surface area contributed by atoms with E-state index in [2.05, 4.69) is 48.9 Å². The Balaban J connectivity index is 2.16. The summed E-state index contributed by atoms with van der Waals surface area (Å²) >= 11 is 0. The Hall–Kier alpha value is -1.62. The molecule has 1 unspecified atom stereocenters. The molecular formula is C16H27N5. The van der Waals surface area contributed by atoms with E-state index in [-0.39, 0.29) is 0 Å². The molecule has 0 aromatic carbocycles. The lowest BCUT2D eigenvalue weighted by Gasteiger charge is -2.16. The molecule has 0 radical (unpaired) electrons. The van der Waals surface area contributed by atoms with Gasteiger partial charge in [-0.3, -0.25) is 9.36 Å². The lowest BCUT2D eigenvalue weighted by molar-refractivity contribution is 0.528. The Bertz CT molecular complexity index is 582. The Morgan fingerprint density at radius 3 is 2.62 bits per heavy atom. The number of aryl methyl sites for hydroxylation is 4. The van der Waals surface area contributed by atoms with E-state index in [0.29, 0.717) is 6.04 Å². The van der Waals surface area contributed by atoms with E-state index in [1.807, 2.05) is 17.9 Å². The molecule has 116 valence electrons. The van der Waals surface area contributed by atoms with E-state index < -0.39 is 0 Å². The van der Waals surface area contributed by atoms with Crippen molar-refractivity contribution in [2.45, 2.75) is 53.1 Å². The Labute approximate surface area is 127 Å². The number of aromatic nitrogens is 4. The minimum Gasteiger partial charge on any atom is -0.310 e. The highest BCUT2D eigenvalue weighted by Gasteiger charge is 2.18. The molecule has 21 heavy (non-hydrogen) atoms. The van der Waals surface area contributed by atoms with Crippen molar-refractivity contribution in [3.63, 3.8) is 0 Å². The van der Waals surface area contributed by atoms with E-state index in [4.69, 9.17) is 5.10 Å². The molecule has 2 heterocycles. The molecule has 0 saturated heterocycles. The molecule has 2 rings (SSSR count). The zero-order chi connectivity index (χ0) is 15.4. The first-order chi connectivity index (χ1) is 10.1. The SMILES string of the molecule is CCNC(CC)c1c(C)nn(CCc2ccnn2C)c1C. The lowest BCUT2D eigenvalue weighted by Crippen LogP contribution is -2.21. The summed E-state index contributed by atoms with van der Waals surface area (Å²) in [4.78, 5) is 0. The van der Waals surface area contributed by atoms with E-state index in [1.54, 1.807) is 0 Å². The lowest BCUT2D eigenvalue weighted by atomic mass is 10.0. The van der Waals surface area contributed by atoms with E-state index >= 15 is 0 Å². The highest BCUT2D eigenvalue weighted by atomic mass is 15.3. The molecule has 0 spiro atoms. The van der Waals surface area contributed by atoms with Gasteiger partial charge < -0.3 is 5.32 Å². The maximum absolute atomic E-state index is 4.74. The quantitative estimate of drug-likeness (QED) is 0.852. The molecule has 0 bridgehead atoms. The maximum atomic E-state index is 4.74. The first kappa shape index (κ1) is 15.8. The highest BCUT2D eigenvalue weighted by Crippen LogP contribution is 2.24. The zero-order valence-electron chi connectivity index (χ0n) is 13.8. The van der Waals surface area contributed by atoms with Crippen LogP contribution in [-0.2, 0) is 20.0 Å². The molecule has 0 fully saturated rings. The van der Waals surface area contributed by atoms with Crippen LogP contribution in [0.1, 0.15) is 49.0 Å². The predicted octanol–water partition coefficient (Wildman–Crippen LogP) is 2.54. The van der Waals surface area contributed by atoms with Gasteiger partial charge in [-0.15, -0.1) is 0 Å². The van der Waals surface area contributed by atoms with Gasteiger partial charge in [0.25, 0.3) is 0 Å². The second-order valence-electron chi connectivity index (χ2n) is 5.52. The van der Waals surface area contributed by atoms with Crippen molar-refractivity contribution in [2.24, 2.45) is 7.05 Å². The second kappa shape index (κ2) is 6.89. The first-order valence-electron chi connectivity index (χ1n) is 7.82. The average molecular weight is 289 g/mol. The Kier molecular flexibility index (Phi) is 5.17. The molecule has 0 saturated carbocycles. The van der Waals surface area contributed by atoms with Crippen LogP contribution in [0.25, 0.3) is 0 Å². The van der Waals surface area contributed by atoms with Crippen molar-refractivity contribution >= 4 is 0 Å². The van der Waals surface area contributed by atoms with Gasteiger partial charge in [0.1, 0.15) is 0 Å². The summed E-state index contributed by atoms with van der Waals surface area (Å²) < 4.78 is 4.07. The van der Waals surface area contributed by atoms with Gasteiger partial charge in [0.2, 0.25) is 0 Å². The fourth-order valence-corrected chi connectivity index (χ4v) is 3.00. The summed E-state index contributed by atoms with van der Waals surface area (Å²) in [5.41, 5.74) is 5.03. The molecule has 0 aliphatic rings. The monoisotopic (exact) mass is 289 g/mol. The third-order valence-electron chi connectivity index (χ3n) is 4.15. The first-order valence-corrected chi connectivity index (χ1v) is 7.82. The molecule has 0 aliphatic carbocycles. The summed E-state index contributed by atoms with van der Waals surface area (Å²) in [6.07, 6.45) is 3.89. The van der Waals surface area contributed by atoms with Crippen molar-refractivity contribution < 1.29 is 0 Å². The molecular weight excluding hydrogens is 262 g/mol. The summed E-state index contributed by atoms with van der Waals surface area (Å²) in [5.74, 6) is 0. The van der Waals surface area contributed by atoms with Gasteiger partial charge in [-0.2, -0.15) is 10.2 Å². The largest absolute Gasteiger partial charge is 0.310 e. The van der Waals surface area contributed by atoms with Crippen LogP contribution in [-0.4, -0.2) is 26.1 Å². The van der Waals surface area contributed by atoms with Crippen LogP contribution in [0.3, 0.4) is 0 Å². The summed E-state index contributed by atoms with van der Waals surface area (Å²) in [7, 11) is 1.99. The molecule has 5 nitrogen and oxygen atoms in total. The van der Waals surface area contributed by atoms with Gasteiger partial charge >= 0.3 is 0 Å². The molecule has 1 atom stereocenters. The number of nitrogens with one attached hydrogen (secondary N) is 1. The molecule has 2 aromatic heterocycles. The van der Waals surface area contributed by atoms with E-state index in [1.165, 1.54) is 17.0 Å². The van der Waals surface area contributed by atoms with Crippen LogP contribution < -0.4 is 5.32 Å². The summed E-state index contributed by atoms with van der Waals surface area (Å²) in [6.45, 7) is 10.5. The second-order valence-corrected chi connectivity index (χ2v) is 5.52. The normalized spacial score (nSPS) is 12.8. The van der Waals surface area contributed by atoms with Crippen molar-refractivity contribution in [2.75, 3.05) is 6.54 Å². The van der Waals surface area contributed by atoms with Crippen LogP contribution in [0, 0.1) is 13.8 Å². The van der Waals surface area contributed by atoms with Gasteiger partial charge in [0.05, 0.1) is 5.69 Å². The van der Waals surface area contributed by atoms with E-state index in [0.717, 1.165) is 31.6 Å². The minimum atomic E-state index is 0.403. The van der Waals surface area contributed by atoms with Gasteiger partial charge in [0, 0.05) is 49.2 Å². The third-order valence-corrected chi connectivity index (χ3v) is 4.15. The maximum Gasteiger partial charge on any atom is 0.0644 e. The van der Waals surface area contributed by atoms with Crippen molar-refractivity contribution in [3.05, 3.63) is 34.9 Å². The van der Waals surface area contributed by atoms with Gasteiger partial charge in [-0.25, -0.2) is 0 Å². The van der Waals surface area contributed by atoms with Crippen molar-refractivity contribution in [3.8, 4) is 0 Å². The van der Waals surface area contributed by atoms with Gasteiger partial charge in [-0.1, -0.05) is 13.8 Å². The standard InChI is InChI=1S/C16H27N5/c1-6-15(17-7-2)16-12(3)19-21(13(16)4)11-9-14-8-10-18-20(14)5/h8,10,15,17H,6-7,9,11H2,1-5H3. The van der Waals surface area contributed by atoms with Crippen molar-refractivity contribution in [1.82, 2.24) is 24.9 Å². The van der Waals surface area contributed by atoms with Crippen LogP contribution in [0.2, 0.25) is 0 Å². The number of hydrogen-bond acceptors (Lipinski definition) is 3. The van der Waals surface area contributed by atoms with E-state index in [9.17, 15) is 0 Å². The predicted molar refractivity (Wildman–Crippen MR) is 85.3 cm³/mol. The Morgan fingerprint density at radius 1 is 1.29 bits per heavy atom. The van der Waals surface area contributed by atoms with Crippen molar-refractivity contribution in [1.29, 1.82) is 0 Å². The fourth-order valence-electron chi connectivity index (χ4n) is 3.00. The molecule has 1 N–H and O–H groups in total. The molecule has 5 heteroatoms. The molecule has 0 amide bonds. The third kappa shape index (κ3) is 3.35. The van der Waals surface area contributed by atoms with Crippen LogP contribution in [0.4, 0.5) is 0 Å². The summed E-state index contributed by atoms with van der Waals surface area (Å²) in [6, 6.07) is 2.47. The van der Waals surface area contributed by atoms with Crippen LogP contribution in [0.5, 0.6) is 0 Å². The Morgan fingerprint density at radius 2 is 2.05 bits per heavy atom. The van der Waals surface area contributed by atoms with Crippen LogP contribution in [0.15, 0.2) is 12.3 Å². The topological polar surface area (TPSA) is 47.7 Å².